The standard InChI is InChI=1S/C13H18F2NO7P/c1-8(2)11(17)22-7-5-6-10(23-12(18)9(3)4)13(14,15)24(20,21)16-19/h10H,1,3,5-7H2,2,4H3,(H,20,21). The minimum atomic E-state index is -5.79. The van der Waals surface area contributed by atoms with E-state index < -0.39 is 37.6 Å². The Labute approximate surface area is 137 Å². The number of ether oxygens (including phenoxy) is 2. The third-order valence-corrected chi connectivity index (χ3v) is 3.96. The highest BCUT2D eigenvalue weighted by Crippen LogP contribution is 2.60. The van der Waals surface area contributed by atoms with Gasteiger partial charge in [0.25, 0.3) is 0 Å². The van der Waals surface area contributed by atoms with Crippen LogP contribution in [0.4, 0.5) is 8.78 Å². The van der Waals surface area contributed by atoms with Crippen LogP contribution in [0.25, 0.3) is 0 Å². The molecular weight excluding hydrogens is 351 g/mol. The molecule has 8 nitrogen and oxygen atoms in total. The number of nitrogens with zero attached hydrogens (tertiary/aromatic N) is 1. The fourth-order valence-corrected chi connectivity index (χ4v) is 2.00. The second-order valence-electron chi connectivity index (χ2n) is 4.95. The van der Waals surface area contributed by atoms with Gasteiger partial charge in [-0.25, -0.2) is 9.59 Å². The minimum absolute atomic E-state index is 0.0932. The number of esters is 2. The third kappa shape index (κ3) is 5.93. The van der Waals surface area contributed by atoms with Crippen molar-refractivity contribution in [3.05, 3.63) is 29.2 Å². The first-order valence-electron chi connectivity index (χ1n) is 6.61. The van der Waals surface area contributed by atoms with Crippen LogP contribution in [-0.4, -0.2) is 35.2 Å². The molecule has 0 bridgehead atoms. The Morgan fingerprint density at radius 3 is 2.17 bits per heavy atom. The van der Waals surface area contributed by atoms with Gasteiger partial charge in [0.1, 0.15) is 0 Å². The summed E-state index contributed by atoms with van der Waals surface area (Å²) < 4.78 is 48.3. The Hall–Kier alpha value is -1.93. The van der Waals surface area contributed by atoms with Crippen LogP contribution in [-0.2, 0) is 23.6 Å². The van der Waals surface area contributed by atoms with Crippen LogP contribution in [0.3, 0.4) is 0 Å². The third-order valence-electron chi connectivity index (χ3n) is 2.68. The molecular formula is C13H18F2NO7P. The summed E-state index contributed by atoms with van der Waals surface area (Å²) in [6, 6.07) is 0. The Balaban J connectivity index is 5.08. The van der Waals surface area contributed by atoms with Crippen molar-refractivity contribution in [2.75, 3.05) is 6.61 Å². The zero-order valence-electron chi connectivity index (χ0n) is 13.2. The maximum atomic E-state index is 14.0. The molecule has 2 atom stereocenters. The molecule has 0 aliphatic carbocycles. The van der Waals surface area contributed by atoms with Crippen LogP contribution < -0.4 is 0 Å². The fraction of sp³-hybridized carbons (Fsp3) is 0.538. The summed E-state index contributed by atoms with van der Waals surface area (Å²) in [5.41, 5.74) is -4.73. The summed E-state index contributed by atoms with van der Waals surface area (Å²) in [6.45, 7) is 8.75. The number of nitroso groups, excluding NO2 is 1. The zero-order valence-corrected chi connectivity index (χ0v) is 14.1. The Bertz CT molecular complexity index is 591. The molecule has 0 aliphatic heterocycles. The van der Waals surface area contributed by atoms with Crippen LogP contribution in [0, 0.1) is 4.91 Å². The van der Waals surface area contributed by atoms with Crippen LogP contribution in [0.1, 0.15) is 26.7 Å². The molecule has 1 N–H and O–H groups in total. The van der Waals surface area contributed by atoms with E-state index in [1.54, 1.807) is 4.95 Å². The van der Waals surface area contributed by atoms with Gasteiger partial charge >= 0.3 is 25.1 Å². The van der Waals surface area contributed by atoms with Gasteiger partial charge in [-0.1, -0.05) is 13.2 Å². The minimum Gasteiger partial charge on any atom is -0.462 e. The summed E-state index contributed by atoms with van der Waals surface area (Å²) in [5.74, 6) is -1.98. The highest BCUT2D eigenvalue weighted by molar-refractivity contribution is 7.57. The molecule has 0 aliphatic rings. The maximum Gasteiger partial charge on any atom is 0.420 e. The van der Waals surface area contributed by atoms with E-state index in [0.717, 1.165) is 0 Å². The number of carbonyl (C=O) groups is 2. The van der Waals surface area contributed by atoms with E-state index in [0.29, 0.717) is 0 Å². The van der Waals surface area contributed by atoms with Crippen LogP contribution in [0.5, 0.6) is 0 Å². The largest absolute Gasteiger partial charge is 0.462 e. The summed E-state index contributed by atoms with van der Waals surface area (Å²) in [7, 11) is -5.79. The molecule has 0 heterocycles. The van der Waals surface area contributed by atoms with Gasteiger partial charge in [-0.2, -0.15) is 8.78 Å². The number of rotatable bonds is 10. The molecule has 2 unspecified atom stereocenters. The van der Waals surface area contributed by atoms with Crippen molar-refractivity contribution in [1.29, 1.82) is 0 Å². The first kappa shape index (κ1) is 22.1. The second-order valence-corrected chi connectivity index (χ2v) is 6.79. The van der Waals surface area contributed by atoms with Gasteiger partial charge in [-0.3, -0.25) is 4.57 Å². The Kier molecular flexibility index (Phi) is 8.08. The molecule has 11 heteroatoms. The van der Waals surface area contributed by atoms with E-state index in [1.165, 1.54) is 13.8 Å². The molecule has 0 fully saturated rings. The van der Waals surface area contributed by atoms with Crippen molar-refractivity contribution in [3.63, 3.8) is 0 Å². The van der Waals surface area contributed by atoms with Gasteiger partial charge in [0, 0.05) is 16.1 Å². The fourth-order valence-electron chi connectivity index (χ4n) is 1.33. The normalized spacial score (nSPS) is 14.9. The molecule has 0 aromatic rings. The van der Waals surface area contributed by atoms with Gasteiger partial charge in [0.15, 0.2) is 6.10 Å². The number of halogens is 2. The average Bonchev–Trinajstić information content (AvgIpc) is 2.48. The van der Waals surface area contributed by atoms with Crippen LogP contribution >= 0.6 is 7.52 Å². The number of hydrogen-bond acceptors (Lipinski definition) is 6. The molecule has 0 rings (SSSR count). The number of alkyl halides is 2. The molecule has 0 aromatic heterocycles. The molecule has 0 saturated carbocycles. The second kappa shape index (κ2) is 8.79. The first-order chi connectivity index (χ1) is 10.9. The highest BCUT2D eigenvalue weighted by atomic mass is 31.2. The SMILES string of the molecule is C=C(C)C(=O)OCCCC(OC(=O)C(=C)C)C(F)(F)P(=O)(O)N=O. The number of carbonyl (C=O) groups excluding carboxylic acids is 2. The molecule has 24 heavy (non-hydrogen) atoms. The van der Waals surface area contributed by atoms with Gasteiger partial charge in [-0.05, 0) is 26.7 Å². The van der Waals surface area contributed by atoms with E-state index in [4.69, 9.17) is 4.89 Å². The summed E-state index contributed by atoms with van der Waals surface area (Å²) in [4.78, 5) is 43.3. The predicted molar refractivity (Wildman–Crippen MR) is 80.3 cm³/mol. The molecule has 136 valence electrons. The predicted octanol–water partition coefficient (Wildman–Crippen LogP) is 2.92. The zero-order chi connectivity index (χ0) is 19.1. The van der Waals surface area contributed by atoms with Crippen LogP contribution in [0.2, 0.25) is 0 Å². The van der Waals surface area contributed by atoms with Crippen molar-refractivity contribution in [2.24, 2.45) is 4.95 Å². The smallest absolute Gasteiger partial charge is 0.420 e. The van der Waals surface area contributed by atoms with Crippen molar-refractivity contribution >= 4 is 19.5 Å². The molecule has 0 spiro atoms. The topological polar surface area (TPSA) is 119 Å². The molecule has 0 radical (unpaired) electrons. The van der Waals surface area contributed by atoms with Crippen LogP contribution in [0.15, 0.2) is 29.3 Å². The van der Waals surface area contributed by atoms with Crippen molar-refractivity contribution in [2.45, 2.75) is 38.5 Å². The lowest BCUT2D eigenvalue weighted by Crippen LogP contribution is -2.37. The van der Waals surface area contributed by atoms with Gasteiger partial charge in [-0.15, -0.1) is 4.91 Å². The maximum absolute atomic E-state index is 14.0. The molecule has 0 aromatic carbocycles. The highest BCUT2D eigenvalue weighted by Gasteiger charge is 2.59. The summed E-state index contributed by atoms with van der Waals surface area (Å²) in [6.07, 6.45) is -3.31. The van der Waals surface area contributed by atoms with Crippen molar-refractivity contribution in [3.8, 4) is 0 Å². The van der Waals surface area contributed by atoms with E-state index in [2.05, 4.69) is 22.6 Å². The van der Waals surface area contributed by atoms with E-state index in [-0.39, 0.29) is 24.2 Å². The van der Waals surface area contributed by atoms with Crippen molar-refractivity contribution < 1.29 is 37.3 Å². The Morgan fingerprint density at radius 2 is 1.75 bits per heavy atom. The lowest BCUT2D eigenvalue weighted by atomic mass is 10.2. The number of hydrogen-bond donors (Lipinski definition) is 1. The lowest BCUT2D eigenvalue weighted by Gasteiger charge is -2.26. The van der Waals surface area contributed by atoms with Gasteiger partial charge in [0.2, 0.25) is 0 Å². The summed E-state index contributed by atoms with van der Waals surface area (Å²) in [5, 5.41) is 0. The molecule has 0 amide bonds. The van der Waals surface area contributed by atoms with E-state index >= 15 is 0 Å². The van der Waals surface area contributed by atoms with Gasteiger partial charge in [0.05, 0.1) is 6.61 Å². The first-order valence-corrected chi connectivity index (χ1v) is 8.22. The van der Waals surface area contributed by atoms with E-state index in [1.807, 2.05) is 0 Å². The molecule has 0 saturated heterocycles. The quantitative estimate of drug-likeness (QED) is 0.207. The lowest BCUT2D eigenvalue weighted by molar-refractivity contribution is -0.159. The monoisotopic (exact) mass is 369 g/mol. The summed E-state index contributed by atoms with van der Waals surface area (Å²) >= 11 is 0. The van der Waals surface area contributed by atoms with E-state index in [9.17, 15) is 27.8 Å². The van der Waals surface area contributed by atoms with Gasteiger partial charge < -0.3 is 14.4 Å². The average molecular weight is 369 g/mol. The van der Waals surface area contributed by atoms with Crippen molar-refractivity contribution in [1.82, 2.24) is 0 Å². The Morgan fingerprint density at radius 1 is 1.25 bits per heavy atom.